The molecule has 1 nitrogen and oxygen atoms in total. The van der Waals surface area contributed by atoms with E-state index in [1.807, 2.05) is 6.07 Å². The summed E-state index contributed by atoms with van der Waals surface area (Å²) in [5.41, 5.74) is 3.91. The van der Waals surface area contributed by atoms with Crippen molar-refractivity contribution in [3.8, 4) is 0 Å². The Hall–Kier alpha value is -0.830. The van der Waals surface area contributed by atoms with E-state index in [2.05, 4.69) is 48.1 Å². The number of hydrogen-bond acceptors (Lipinski definition) is 2. The molecule has 1 aromatic heterocycles. The van der Waals surface area contributed by atoms with Crippen LogP contribution in [0.4, 0.5) is 0 Å². The Labute approximate surface area is 124 Å². The summed E-state index contributed by atoms with van der Waals surface area (Å²) in [4.78, 5) is 0. The largest absolute Gasteiger partial charge is 0.310 e. The monoisotopic (exact) mass is 293 g/mol. The number of benzene rings is 1. The highest BCUT2D eigenvalue weighted by atomic mass is 35.5. The van der Waals surface area contributed by atoms with Crippen LogP contribution in [0.25, 0.3) is 0 Å². The summed E-state index contributed by atoms with van der Waals surface area (Å²) in [5, 5.41) is 8.79. The molecule has 1 atom stereocenters. The van der Waals surface area contributed by atoms with Crippen molar-refractivity contribution >= 4 is 22.9 Å². The van der Waals surface area contributed by atoms with Crippen molar-refractivity contribution in [2.75, 3.05) is 6.54 Å². The van der Waals surface area contributed by atoms with Gasteiger partial charge in [-0.3, -0.25) is 0 Å². The fourth-order valence-electron chi connectivity index (χ4n) is 2.26. The molecule has 102 valence electrons. The van der Waals surface area contributed by atoms with E-state index in [4.69, 9.17) is 11.6 Å². The van der Waals surface area contributed by atoms with Gasteiger partial charge in [-0.1, -0.05) is 30.7 Å². The zero-order valence-corrected chi connectivity index (χ0v) is 13.0. The molecule has 0 spiro atoms. The molecule has 0 amide bonds. The Morgan fingerprint density at radius 3 is 2.79 bits per heavy atom. The molecular formula is C16H20ClNS. The van der Waals surface area contributed by atoms with Gasteiger partial charge >= 0.3 is 0 Å². The minimum absolute atomic E-state index is 0.404. The van der Waals surface area contributed by atoms with Crippen molar-refractivity contribution in [2.45, 2.75) is 32.7 Å². The minimum atomic E-state index is 0.404. The maximum absolute atomic E-state index is 6.10. The lowest BCUT2D eigenvalue weighted by molar-refractivity contribution is 0.515. The van der Waals surface area contributed by atoms with Crippen LogP contribution in [-0.2, 0) is 6.42 Å². The lowest BCUT2D eigenvalue weighted by Gasteiger charge is -2.19. The van der Waals surface area contributed by atoms with Gasteiger partial charge in [-0.15, -0.1) is 0 Å². The second kappa shape index (κ2) is 7.09. The third kappa shape index (κ3) is 4.07. The van der Waals surface area contributed by atoms with Crippen molar-refractivity contribution in [2.24, 2.45) is 0 Å². The zero-order chi connectivity index (χ0) is 13.7. The van der Waals surface area contributed by atoms with Crippen molar-refractivity contribution in [3.05, 3.63) is 56.7 Å². The standard InChI is InChI=1S/C16H20ClNS/c1-3-18-16(7-4-13-8-9-19-11-13)14-5-6-15(17)12(2)10-14/h5-6,8-11,16,18H,3-4,7H2,1-2H3. The third-order valence-corrected chi connectivity index (χ3v) is 4.49. The first-order chi connectivity index (χ1) is 9.20. The quantitative estimate of drug-likeness (QED) is 0.791. The molecule has 0 saturated heterocycles. The maximum atomic E-state index is 6.10. The summed E-state index contributed by atoms with van der Waals surface area (Å²) in [5.74, 6) is 0. The van der Waals surface area contributed by atoms with E-state index in [0.29, 0.717) is 6.04 Å². The first-order valence-electron chi connectivity index (χ1n) is 6.71. The molecule has 0 fully saturated rings. The second-order valence-corrected chi connectivity index (χ2v) is 5.98. The molecule has 1 aromatic carbocycles. The van der Waals surface area contributed by atoms with E-state index >= 15 is 0 Å². The van der Waals surface area contributed by atoms with Gasteiger partial charge in [0.05, 0.1) is 0 Å². The maximum Gasteiger partial charge on any atom is 0.0435 e. The summed E-state index contributed by atoms with van der Waals surface area (Å²) in [6, 6.07) is 8.95. The minimum Gasteiger partial charge on any atom is -0.310 e. The highest BCUT2D eigenvalue weighted by Crippen LogP contribution is 2.24. The van der Waals surface area contributed by atoms with Crippen LogP contribution in [0.1, 0.15) is 36.1 Å². The SMILES string of the molecule is CCNC(CCc1ccsc1)c1ccc(Cl)c(C)c1. The number of nitrogens with one attached hydrogen (secondary N) is 1. The molecule has 0 aliphatic heterocycles. The van der Waals surface area contributed by atoms with E-state index in [9.17, 15) is 0 Å². The highest BCUT2D eigenvalue weighted by molar-refractivity contribution is 7.07. The topological polar surface area (TPSA) is 12.0 Å². The zero-order valence-electron chi connectivity index (χ0n) is 11.4. The van der Waals surface area contributed by atoms with Gasteiger partial charge in [0.25, 0.3) is 0 Å². The Morgan fingerprint density at radius 1 is 1.32 bits per heavy atom. The molecular weight excluding hydrogens is 274 g/mol. The van der Waals surface area contributed by atoms with Gasteiger partial charge in [0.15, 0.2) is 0 Å². The second-order valence-electron chi connectivity index (χ2n) is 4.79. The first-order valence-corrected chi connectivity index (χ1v) is 8.03. The third-order valence-electron chi connectivity index (χ3n) is 3.34. The smallest absolute Gasteiger partial charge is 0.0435 e. The molecule has 0 aliphatic rings. The Kier molecular flexibility index (Phi) is 5.44. The number of thiophene rings is 1. The normalized spacial score (nSPS) is 12.6. The van der Waals surface area contributed by atoms with E-state index in [1.165, 1.54) is 11.1 Å². The predicted octanol–water partition coefficient (Wildman–Crippen LogP) is 4.99. The van der Waals surface area contributed by atoms with Crippen LogP contribution in [0.15, 0.2) is 35.0 Å². The van der Waals surface area contributed by atoms with Gasteiger partial charge in [0, 0.05) is 11.1 Å². The number of rotatable bonds is 6. The predicted molar refractivity (Wildman–Crippen MR) is 85.2 cm³/mol. The fourth-order valence-corrected chi connectivity index (χ4v) is 3.08. The van der Waals surface area contributed by atoms with Crippen LogP contribution in [0, 0.1) is 6.92 Å². The van der Waals surface area contributed by atoms with Crippen LogP contribution in [-0.4, -0.2) is 6.54 Å². The molecule has 2 aromatic rings. The Morgan fingerprint density at radius 2 is 2.16 bits per heavy atom. The molecule has 1 N–H and O–H groups in total. The van der Waals surface area contributed by atoms with Gasteiger partial charge < -0.3 is 5.32 Å². The summed E-state index contributed by atoms with van der Waals surface area (Å²) in [6.45, 7) is 5.20. The highest BCUT2D eigenvalue weighted by Gasteiger charge is 2.11. The summed E-state index contributed by atoms with van der Waals surface area (Å²) >= 11 is 7.87. The summed E-state index contributed by atoms with van der Waals surface area (Å²) < 4.78 is 0. The van der Waals surface area contributed by atoms with Crippen molar-refractivity contribution in [1.82, 2.24) is 5.32 Å². The summed E-state index contributed by atoms with van der Waals surface area (Å²) in [7, 11) is 0. The Bertz CT molecular complexity index is 507. The molecule has 0 aliphatic carbocycles. The number of hydrogen-bond donors (Lipinski definition) is 1. The van der Waals surface area contributed by atoms with Gasteiger partial charge in [0.1, 0.15) is 0 Å². The van der Waals surface area contributed by atoms with Gasteiger partial charge in [-0.25, -0.2) is 0 Å². The molecule has 2 rings (SSSR count). The van der Waals surface area contributed by atoms with E-state index < -0.39 is 0 Å². The molecule has 0 bridgehead atoms. The molecule has 0 saturated carbocycles. The molecule has 0 radical (unpaired) electrons. The van der Waals surface area contributed by atoms with Crippen LogP contribution in [0.3, 0.4) is 0 Å². The Balaban J connectivity index is 2.07. The van der Waals surface area contributed by atoms with Crippen LogP contribution in [0.2, 0.25) is 5.02 Å². The molecule has 1 unspecified atom stereocenters. The van der Waals surface area contributed by atoms with Gasteiger partial charge in [0.2, 0.25) is 0 Å². The van der Waals surface area contributed by atoms with Gasteiger partial charge in [-0.2, -0.15) is 11.3 Å². The average Bonchev–Trinajstić information content (AvgIpc) is 2.91. The van der Waals surface area contributed by atoms with Crippen molar-refractivity contribution in [3.63, 3.8) is 0 Å². The van der Waals surface area contributed by atoms with Crippen molar-refractivity contribution < 1.29 is 0 Å². The number of aryl methyl sites for hydroxylation is 2. The lowest BCUT2D eigenvalue weighted by atomic mass is 9.98. The number of halogens is 1. The first kappa shape index (κ1) is 14.6. The van der Waals surface area contributed by atoms with Crippen LogP contribution < -0.4 is 5.32 Å². The van der Waals surface area contributed by atoms with E-state index in [1.54, 1.807) is 11.3 Å². The van der Waals surface area contributed by atoms with Crippen molar-refractivity contribution in [1.29, 1.82) is 0 Å². The fraction of sp³-hybridized carbons (Fsp3) is 0.375. The lowest BCUT2D eigenvalue weighted by Crippen LogP contribution is -2.21. The molecule has 1 heterocycles. The van der Waals surface area contributed by atoms with Gasteiger partial charge in [-0.05, 0) is 65.9 Å². The summed E-state index contributed by atoms with van der Waals surface area (Å²) in [6.07, 6.45) is 2.23. The molecule has 19 heavy (non-hydrogen) atoms. The van der Waals surface area contributed by atoms with Crippen LogP contribution >= 0.6 is 22.9 Å². The average molecular weight is 294 g/mol. The van der Waals surface area contributed by atoms with E-state index in [-0.39, 0.29) is 0 Å². The van der Waals surface area contributed by atoms with E-state index in [0.717, 1.165) is 30.0 Å². The molecule has 3 heteroatoms. The van der Waals surface area contributed by atoms with Crippen LogP contribution in [0.5, 0.6) is 0 Å².